The van der Waals surface area contributed by atoms with Crippen LogP contribution in [0.15, 0.2) is 30.3 Å². The number of methoxy groups -OCH3 is 1. The van der Waals surface area contributed by atoms with Crippen LogP contribution in [0.1, 0.15) is 0 Å². The second kappa shape index (κ2) is 4.21. The van der Waals surface area contributed by atoms with Gasteiger partial charge in [0.1, 0.15) is 5.75 Å². The Morgan fingerprint density at radius 3 is 2.00 bits per heavy atom. The predicted molar refractivity (Wildman–Crippen MR) is 33.0 cm³/mol. The highest BCUT2D eigenvalue weighted by molar-refractivity contribution is 5.20. The Hall–Kier alpha value is -0.690. The van der Waals surface area contributed by atoms with E-state index in [0.717, 1.165) is 5.75 Å². The summed E-state index contributed by atoms with van der Waals surface area (Å²) in [5.41, 5.74) is 0. The lowest BCUT2D eigenvalue weighted by molar-refractivity contribution is -0.00000196. The summed E-state index contributed by atoms with van der Waals surface area (Å²) in [5.74, 6) is 0.910. The monoisotopic (exact) mass is 143 g/mol. The van der Waals surface area contributed by atoms with Crippen LogP contribution in [0.25, 0.3) is 0 Å². The fraction of sp³-hybridized carbons (Fsp3) is 0.143. The molecule has 0 saturated heterocycles. The van der Waals surface area contributed by atoms with Crippen molar-refractivity contribution >= 4 is 0 Å². The van der Waals surface area contributed by atoms with E-state index in [4.69, 9.17) is 4.74 Å². The van der Waals surface area contributed by atoms with Gasteiger partial charge in [0.2, 0.25) is 0 Å². The molecule has 0 spiro atoms. The number of halogens is 1. The minimum atomic E-state index is 0. The van der Waals surface area contributed by atoms with Crippen molar-refractivity contribution in [3.8, 4) is 5.75 Å². The molecule has 1 aromatic carbocycles. The molecule has 0 atom stereocenters. The summed E-state index contributed by atoms with van der Waals surface area (Å²) in [5, 5.41) is 0. The highest BCUT2D eigenvalue weighted by atomic mass is 35.5. The molecule has 50 valence electrons. The Balaban J connectivity index is 0.000000640. The first-order chi connectivity index (χ1) is 3.93. The third-order valence-electron chi connectivity index (χ3n) is 0.979. The smallest absolute Gasteiger partial charge is 0.118 e. The first kappa shape index (κ1) is 8.31. The van der Waals surface area contributed by atoms with E-state index in [0.29, 0.717) is 0 Å². The van der Waals surface area contributed by atoms with Crippen molar-refractivity contribution in [3.63, 3.8) is 0 Å². The van der Waals surface area contributed by atoms with E-state index in [9.17, 15) is 0 Å². The fourth-order valence-corrected chi connectivity index (χ4v) is 0.557. The summed E-state index contributed by atoms with van der Waals surface area (Å²) in [6.07, 6.45) is 0. The summed E-state index contributed by atoms with van der Waals surface area (Å²) >= 11 is 0. The minimum Gasteiger partial charge on any atom is -1.00 e. The SMILES string of the molecule is COc1ccccc1.[Cl-]. The second-order valence-electron chi connectivity index (χ2n) is 1.52. The average Bonchev–Trinajstić information content (AvgIpc) is 1.90. The number of benzene rings is 1. The highest BCUT2D eigenvalue weighted by Gasteiger charge is 1.80. The number of ether oxygens (including phenoxy) is 1. The lowest BCUT2D eigenvalue weighted by Gasteiger charge is -1.93. The zero-order valence-corrected chi connectivity index (χ0v) is 5.93. The maximum absolute atomic E-state index is 4.91. The minimum absolute atomic E-state index is 0. The van der Waals surface area contributed by atoms with Gasteiger partial charge in [-0.3, -0.25) is 0 Å². The average molecular weight is 144 g/mol. The Morgan fingerprint density at radius 1 is 1.11 bits per heavy atom. The van der Waals surface area contributed by atoms with Gasteiger partial charge < -0.3 is 17.1 Å². The topological polar surface area (TPSA) is 9.23 Å². The zero-order chi connectivity index (χ0) is 5.82. The number of hydrogen-bond donors (Lipinski definition) is 0. The standard InChI is InChI=1S/C7H8O.ClH/c1-8-7-5-3-2-4-6-7;/h2-6H,1H3;1H/p-1. The molecular weight excluding hydrogens is 136 g/mol. The van der Waals surface area contributed by atoms with Crippen molar-refractivity contribution in [1.82, 2.24) is 0 Å². The largest absolute Gasteiger partial charge is 1.00 e. The second-order valence-corrected chi connectivity index (χ2v) is 1.52. The summed E-state index contributed by atoms with van der Waals surface area (Å²) < 4.78 is 4.91. The Morgan fingerprint density at radius 2 is 1.67 bits per heavy atom. The van der Waals surface area contributed by atoms with Crippen LogP contribution in [-0.4, -0.2) is 7.11 Å². The lowest BCUT2D eigenvalue weighted by Crippen LogP contribution is -3.00. The van der Waals surface area contributed by atoms with Gasteiger partial charge in [0.15, 0.2) is 0 Å². The third kappa shape index (κ3) is 2.38. The molecule has 1 aromatic rings. The molecule has 0 amide bonds. The van der Waals surface area contributed by atoms with Gasteiger partial charge in [0, 0.05) is 0 Å². The van der Waals surface area contributed by atoms with Crippen molar-refractivity contribution < 1.29 is 17.1 Å². The molecule has 0 aromatic heterocycles. The fourth-order valence-electron chi connectivity index (χ4n) is 0.557. The van der Waals surface area contributed by atoms with Gasteiger partial charge >= 0.3 is 0 Å². The molecule has 0 saturated carbocycles. The molecule has 0 aliphatic rings. The van der Waals surface area contributed by atoms with Gasteiger partial charge in [-0.2, -0.15) is 0 Å². The predicted octanol–water partition coefficient (Wildman–Crippen LogP) is -1.30. The number of hydrogen-bond acceptors (Lipinski definition) is 1. The first-order valence-corrected chi connectivity index (χ1v) is 2.52. The maximum atomic E-state index is 4.91. The van der Waals surface area contributed by atoms with Crippen molar-refractivity contribution in [1.29, 1.82) is 0 Å². The van der Waals surface area contributed by atoms with Crippen LogP contribution in [0, 0.1) is 0 Å². The molecule has 0 aliphatic carbocycles. The summed E-state index contributed by atoms with van der Waals surface area (Å²) in [6.45, 7) is 0. The summed E-state index contributed by atoms with van der Waals surface area (Å²) in [7, 11) is 1.66. The van der Waals surface area contributed by atoms with E-state index >= 15 is 0 Å². The van der Waals surface area contributed by atoms with Crippen molar-refractivity contribution in [2.75, 3.05) is 7.11 Å². The van der Waals surface area contributed by atoms with Crippen LogP contribution in [0.3, 0.4) is 0 Å². The van der Waals surface area contributed by atoms with Crippen LogP contribution < -0.4 is 17.1 Å². The molecule has 0 radical (unpaired) electrons. The molecule has 1 rings (SSSR count). The Bertz CT molecular complexity index is 150. The molecule has 0 unspecified atom stereocenters. The van der Waals surface area contributed by atoms with E-state index in [1.807, 2.05) is 30.3 Å². The van der Waals surface area contributed by atoms with Gasteiger partial charge in [0.25, 0.3) is 0 Å². The normalized spacial score (nSPS) is 7.67. The molecule has 0 aliphatic heterocycles. The summed E-state index contributed by atoms with van der Waals surface area (Å²) in [6, 6.07) is 9.68. The Labute approximate surface area is 61.1 Å². The molecule has 0 fully saturated rings. The van der Waals surface area contributed by atoms with Crippen molar-refractivity contribution in [2.45, 2.75) is 0 Å². The van der Waals surface area contributed by atoms with Crippen LogP contribution in [0.5, 0.6) is 5.75 Å². The molecule has 0 N–H and O–H groups in total. The molecule has 9 heavy (non-hydrogen) atoms. The van der Waals surface area contributed by atoms with E-state index in [2.05, 4.69) is 0 Å². The van der Waals surface area contributed by atoms with Crippen molar-refractivity contribution in [3.05, 3.63) is 30.3 Å². The van der Waals surface area contributed by atoms with Gasteiger partial charge in [0.05, 0.1) is 7.11 Å². The van der Waals surface area contributed by atoms with Gasteiger partial charge in [-0.25, -0.2) is 0 Å². The first-order valence-electron chi connectivity index (χ1n) is 2.52. The summed E-state index contributed by atoms with van der Waals surface area (Å²) in [4.78, 5) is 0. The van der Waals surface area contributed by atoms with Gasteiger partial charge in [-0.1, -0.05) is 18.2 Å². The van der Waals surface area contributed by atoms with Gasteiger partial charge in [-0.05, 0) is 12.1 Å². The molecule has 1 nitrogen and oxygen atoms in total. The molecular formula is C7H8ClO-. The number of rotatable bonds is 1. The Kier molecular flexibility index (Phi) is 3.89. The van der Waals surface area contributed by atoms with Crippen LogP contribution >= 0.6 is 0 Å². The lowest BCUT2D eigenvalue weighted by atomic mass is 10.3. The van der Waals surface area contributed by atoms with Gasteiger partial charge in [-0.15, -0.1) is 0 Å². The highest BCUT2D eigenvalue weighted by Crippen LogP contribution is 2.05. The maximum Gasteiger partial charge on any atom is 0.118 e. The molecule has 0 heterocycles. The zero-order valence-electron chi connectivity index (χ0n) is 5.17. The van der Waals surface area contributed by atoms with Crippen molar-refractivity contribution in [2.24, 2.45) is 0 Å². The van der Waals surface area contributed by atoms with E-state index in [-0.39, 0.29) is 12.4 Å². The van der Waals surface area contributed by atoms with Crippen LogP contribution in [-0.2, 0) is 0 Å². The van der Waals surface area contributed by atoms with E-state index in [1.54, 1.807) is 7.11 Å². The van der Waals surface area contributed by atoms with Crippen LogP contribution in [0.2, 0.25) is 0 Å². The number of para-hydroxylation sites is 1. The van der Waals surface area contributed by atoms with E-state index in [1.165, 1.54) is 0 Å². The van der Waals surface area contributed by atoms with Crippen LogP contribution in [0.4, 0.5) is 0 Å². The third-order valence-corrected chi connectivity index (χ3v) is 0.979. The van der Waals surface area contributed by atoms with E-state index < -0.39 is 0 Å². The quantitative estimate of drug-likeness (QED) is 0.475. The molecule has 0 bridgehead atoms. The molecule has 2 heteroatoms.